The Kier molecular flexibility index (Phi) is 5.79. The summed E-state index contributed by atoms with van der Waals surface area (Å²) in [6, 6.07) is -2.07. The number of nitrogens with zero attached hydrogens (tertiary/aromatic N) is 6. The Bertz CT molecular complexity index is 512. The standard InChI is InChI=1S/C10H14N6O5/c1-4-7(13-15-11)9(20-5(2)17)8(14-16-12)10(19-4)21-6(3)18/h4,7-10H,1-3H3/t4-,7+,8+,9+,10-/m0/s1. The molecule has 1 rings (SSSR count). The minimum atomic E-state index is -1.23. The lowest BCUT2D eigenvalue weighted by atomic mass is 9.96. The van der Waals surface area contributed by atoms with Crippen molar-refractivity contribution < 1.29 is 23.8 Å². The average Bonchev–Trinajstić information content (AvgIpc) is 2.37. The van der Waals surface area contributed by atoms with Gasteiger partial charge in [0, 0.05) is 23.7 Å². The number of azide groups is 2. The molecule has 5 atom stereocenters. The van der Waals surface area contributed by atoms with E-state index in [1.54, 1.807) is 6.92 Å². The van der Waals surface area contributed by atoms with Crippen LogP contribution in [0.2, 0.25) is 0 Å². The molecule has 114 valence electrons. The van der Waals surface area contributed by atoms with Gasteiger partial charge in [0.05, 0.1) is 6.10 Å². The number of carbonyl (C=O) groups excluding carboxylic acids is 2. The maximum atomic E-state index is 11.2. The van der Waals surface area contributed by atoms with Crippen molar-refractivity contribution in [2.75, 3.05) is 0 Å². The first-order chi connectivity index (χ1) is 9.90. The van der Waals surface area contributed by atoms with Gasteiger partial charge in [0.25, 0.3) is 0 Å². The third-order valence-corrected chi connectivity index (χ3v) is 2.74. The Morgan fingerprint density at radius 1 is 1.05 bits per heavy atom. The zero-order valence-electron chi connectivity index (χ0n) is 11.6. The Morgan fingerprint density at radius 3 is 2.05 bits per heavy atom. The summed E-state index contributed by atoms with van der Waals surface area (Å²) in [4.78, 5) is 27.6. The normalized spacial score (nSPS) is 31.3. The molecule has 21 heavy (non-hydrogen) atoms. The van der Waals surface area contributed by atoms with E-state index in [9.17, 15) is 9.59 Å². The zero-order valence-corrected chi connectivity index (χ0v) is 11.6. The van der Waals surface area contributed by atoms with E-state index in [0.717, 1.165) is 13.8 Å². The van der Waals surface area contributed by atoms with Crippen LogP contribution in [-0.2, 0) is 23.8 Å². The third-order valence-electron chi connectivity index (χ3n) is 2.74. The van der Waals surface area contributed by atoms with Crippen molar-refractivity contribution in [2.24, 2.45) is 10.2 Å². The molecule has 1 fully saturated rings. The number of carbonyl (C=O) groups is 2. The Morgan fingerprint density at radius 2 is 1.57 bits per heavy atom. The molecule has 0 unspecified atom stereocenters. The van der Waals surface area contributed by atoms with Crippen molar-refractivity contribution in [1.29, 1.82) is 0 Å². The van der Waals surface area contributed by atoms with Crippen molar-refractivity contribution in [1.82, 2.24) is 0 Å². The van der Waals surface area contributed by atoms with Gasteiger partial charge in [0.1, 0.15) is 18.2 Å². The quantitative estimate of drug-likeness (QED) is 0.333. The van der Waals surface area contributed by atoms with Crippen molar-refractivity contribution >= 4 is 11.9 Å². The van der Waals surface area contributed by atoms with Crippen molar-refractivity contribution in [3.8, 4) is 0 Å². The van der Waals surface area contributed by atoms with Crippen molar-refractivity contribution in [3.63, 3.8) is 0 Å². The highest BCUT2D eigenvalue weighted by Crippen LogP contribution is 2.29. The zero-order chi connectivity index (χ0) is 16.0. The van der Waals surface area contributed by atoms with Crippen LogP contribution in [0.4, 0.5) is 0 Å². The molecule has 1 aliphatic rings. The van der Waals surface area contributed by atoms with Crippen LogP contribution in [0.25, 0.3) is 20.9 Å². The monoisotopic (exact) mass is 298 g/mol. The highest BCUT2D eigenvalue weighted by atomic mass is 16.7. The molecule has 0 aromatic heterocycles. The van der Waals surface area contributed by atoms with Crippen LogP contribution in [0.1, 0.15) is 20.8 Å². The van der Waals surface area contributed by atoms with E-state index >= 15 is 0 Å². The smallest absolute Gasteiger partial charge is 0.304 e. The first-order valence-corrected chi connectivity index (χ1v) is 5.99. The van der Waals surface area contributed by atoms with Gasteiger partial charge in [-0.05, 0) is 18.0 Å². The molecule has 0 bridgehead atoms. The number of ether oxygens (including phenoxy) is 3. The minimum Gasteiger partial charge on any atom is -0.461 e. The molecule has 0 aromatic carbocycles. The fraction of sp³-hybridized carbons (Fsp3) is 0.800. The molecule has 11 nitrogen and oxygen atoms in total. The summed E-state index contributed by atoms with van der Waals surface area (Å²) < 4.78 is 15.4. The SMILES string of the molecule is CC(=O)O[C@@H]1O[C@@H](C)[C@@H](N=[N+]=[N-])[C@@H](OC(C)=O)[C@H]1N=[N+]=[N-]. The highest BCUT2D eigenvalue weighted by Gasteiger charge is 2.47. The first kappa shape index (κ1) is 16.6. The third kappa shape index (κ3) is 4.25. The molecule has 0 amide bonds. The topological polar surface area (TPSA) is 159 Å². The second-order valence-electron chi connectivity index (χ2n) is 4.28. The van der Waals surface area contributed by atoms with Crippen LogP contribution in [-0.4, -0.2) is 42.5 Å². The predicted octanol–water partition coefficient (Wildman–Crippen LogP) is 1.58. The maximum Gasteiger partial charge on any atom is 0.304 e. The van der Waals surface area contributed by atoms with Crippen LogP contribution >= 0.6 is 0 Å². The molecule has 0 radical (unpaired) electrons. The highest BCUT2D eigenvalue weighted by molar-refractivity contribution is 5.67. The van der Waals surface area contributed by atoms with E-state index in [1.165, 1.54) is 0 Å². The molecule has 1 saturated heterocycles. The molecular formula is C10H14N6O5. The molecule has 0 N–H and O–H groups in total. The van der Waals surface area contributed by atoms with E-state index in [4.69, 9.17) is 25.3 Å². The summed E-state index contributed by atoms with van der Waals surface area (Å²) in [5.41, 5.74) is 17.2. The summed E-state index contributed by atoms with van der Waals surface area (Å²) in [5, 5.41) is 6.94. The van der Waals surface area contributed by atoms with E-state index in [-0.39, 0.29) is 0 Å². The lowest BCUT2D eigenvalue weighted by Crippen LogP contribution is -2.57. The van der Waals surface area contributed by atoms with Gasteiger partial charge in [0.15, 0.2) is 0 Å². The van der Waals surface area contributed by atoms with Gasteiger partial charge in [0.2, 0.25) is 6.29 Å². The largest absolute Gasteiger partial charge is 0.461 e. The van der Waals surface area contributed by atoms with Crippen LogP contribution in [0, 0.1) is 0 Å². The van der Waals surface area contributed by atoms with Gasteiger partial charge >= 0.3 is 11.9 Å². The van der Waals surface area contributed by atoms with Crippen LogP contribution < -0.4 is 0 Å². The fourth-order valence-electron chi connectivity index (χ4n) is 1.99. The summed E-state index contributed by atoms with van der Waals surface area (Å²) in [6.45, 7) is 3.86. The number of rotatable bonds is 4. The fourth-order valence-corrected chi connectivity index (χ4v) is 1.99. The van der Waals surface area contributed by atoms with Crippen LogP contribution in [0.5, 0.6) is 0 Å². The van der Waals surface area contributed by atoms with Crippen LogP contribution in [0.15, 0.2) is 10.2 Å². The lowest BCUT2D eigenvalue weighted by Gasteiger charge is -2.40. The average molecular weight is 298 g/mol. The van der Waals surface area contributed by atoms with Crippen molar-refractivity contribution in [3.05, 3.63) is 20.9 Å². The van der Waals surface area contributed by atoms with Gasteiger partial charge in [-0.25, -0.2) is 0 Å². The Hall–Kier alpha value is -2.48. The first-order valence-electron chi connectivity index (χ1n) is 5.99. The van der Waals surface area contributed by atoms with Gasteiger partial charge < -0.3 is 14.2 Å². The van der Waals surface area contributed by atoms with Gasteiger partial charge in [-0.2, -0.15) is 0 Å². The van der Waals surface area contributed by atoms with Gasteiger partial charge in [-0.1, -0.05) is 10.2 Å². The molecule has 0 spiro atoms. The summed E-state index contributed by atoms with van der Waals surface area (Å²) in [7, 11) is 0. The molecule has 0 aliphatic carbocycles. The lowest BCUT2D eigenvalue weighted by molar-refractivity contribution is -0.228. The predicted molar refractivity (Wildman–Crippen MR) is 67.5 cm³/mol. The second-order valence-corrected chi connectivity index (χ2v) is 4.28. The number of esters is 2. The summed E-state index contributed by atoms with van der Waals surface area (Å²) in [5.74, 6) is -1.32. The molecular weight excluding hydrogens is 284 g/mol. The number of hydrogen-bond acceptors (Lipinski definition) is 7. The van der Waals surface area contributed by atoms with Gasteiger partial charge in [-0.15, -0.1) is 0 Å². The van der Waals surface area contributed by atoms with Crippen molar-refractivity contribution in [2.45, 2.75) is 51.4 Å². The van der Waals surface area contributed by atoms with E-state index in [2.05, 4.69) is 20.1 Å². The summed E-state index contributed by atoms with van der Waals surface area (Å²) in [6.07, 6.45) is -3.04. The molecule has 0 saturated carbocycles. The van der Waals surface area contributed by atoms with E-state index in [1.807, 2.05) is 0 Å². The molecule has 0 aromatic rings. The summed E-state index contributed by atoms with van der Waals surface area (Å²) >= 11 is 0. The minimum absolute atomic E-state index is 0.658. The van der Waals surface area contributed by atoms with Crippen LogP contribution in [0.3, 0.4) is 0 Å². The Labute approximate surface area is 119 Å². The van der Waals surface area contributed by atoms with E-state index < -0.39 is 42.5 Å². The second kappa shape index (κ2) is 7.34. The maximum absolute atomic E-state index is 11.2. The molecule has 11 heteroatoms. The molecule has 1 heterocycles. The molecule has 1 aliphatic heterocycles. The van der Waals surface area contributed by atoms with E-state index in [0.29, 0.717) is 0 Å². The number of hydrogen-bond donors (Lipinski definition) is 0. The van der Waals surface area contributed by atoms with Gasteiger partial charge in [-0.3, -0.25) is 9.59 Å². The Balaban J connectivity index is 3.18.